The van der Waals surface area contributed by atoms with Crippen LogP contribution in [0.1, 0.15) is 31.1 Å². The molecule has 0 saturated carbocycles. The van der Waals surface area contributed by atoms with Crippen molar-refractivity contribution in [2.45, 2.75) is 44.6 Å². The third-order valence-electron chi connectivity index (χ3n) is 5.74. The lowest BCUT2D eigenvalue weighted by Crippen LogP contribution is -2.67. The largest absolute Gasteiger partial charge is 0.445 e. The average Bonchev–Trinajstić information content (AvgIpc) is 2.84. The van der Waals surface area contributed by atoms with E-state index in [2.05, 4.69) is 16.9 Å². The molecule has 13 heteroatoms. The van der Waals surface area contributed by atoms with Crippen LogP contribution in [0, 0.1) is 0 Å². The fourth-order valence-corrected chi connectivity index (χ4v) is 3.59. The standard InChI is InChI=1S/C23H30F3N5O5/c1-5-11-36-21(35)31-10-9-30(13-17(31)19(33)28-14-23(24,25)26)22(3,4)20(34)29-15(2)18(32)16-7-6-8-27-12-16/h5-8,12,15,17H,1,9-11,13-14H2,2-4H3,(H,28,33)(H,29,34)/t15?,17-/m0/s1. The molecule has 3 amide bonds. The SMILES string of the molecule is C=CCOC(=O)N1CCN(C(C)(C)C(=O)NC(C)C(=O)c2cccnc2)C[C@H]1C(=O)NCC(F)(F)F. The van der Waals surface area contributed by atoms with Crippen LogP contribution in [-0.4, -0.2) is 95.1 Å². The van der Waals surface area contributed by atoms with Gasteiger partial charge in [0.05, 0.1) is 11.6 Å². The number of nitrogens with zero attached hydrogens (tertiary/aromatic N) is 3. The predicted molar refractivity (Wildman–Crippen MR) is 123 cm³/mol. The summed E-state index contributed by atoms with van der Waals surface area (Å²) in [6.45, 7) is 6.14. The Morgan fingerprint density at radius 2 is 1.97 bits per heavy atom. The van der Waals surface area contributed by atoms with Crippen molar-refractivity contribution in [3.8, 4) is 0 Å². The lowest BCUT2D eigenvalue weighted by atomic mass is 9.97. The Morgan fingerprint density at radius 1 is 1.28 bits per heavy atom. The van der Waals surface area contributed by atoms with Crippen LogP contribution in [0.15, 0.2) is 37.2 Å². The van der Waals surface area contributed by atoms with Crippen molar-refractivity contribution in [3.05, 3.63) is 42.7 Å². The normalized spacial score (nSPS) is 17.6. The van der Waals surface area contributed by atoms with Crippen molar-refractivity contribution >= 4 is 23.7 Å². The number of nitrogens with one attached hydrogen (secondary N) is 2. The molecule has 36 heavy (non-hydrogen) atoms. The molecule has 1 fully saturated rings. The highest BCUT2D eigenvalue weighted by molar-refractivity contribution is 6.02. The number of carbonyl (C=O) groups excluding carboxylic acids is 4. The van der Waals surface area contributed by atoms with Gasteiger partial charge in [-0.2, -0.15) is 13.2 Å². The number of alkyl halides is 3. The van der Waals surface area contributed by atoms with Crippen LogP contribution >= 0.6 is 0 Å². The molecule has 1 aliphatic rings. The molecule has 0 radical (unpaired) electrons. The lowest BCUT2D eigenvalue weighted by Gasteiger charge is -2.46. The number of amides is 3. The van der Waals surface area contributed by atoms with Crippen LogP contribution in [0.4, 0.5) is 18.0 Å². The Labute approximate surface area is 206 Å². The highest BCUT2D eigenvalue weighted by Gasteiger charge is 2.44. The number of Topliss-reactive ketones (excluding diaryl/α,β-unsaturated/α-hetero) is 1. The van der Waals surface area contributed by atoms with Gasteiger partial charge in [0, 0.05) is 37.6 Å². The van der Waals surface area contributed by atoms with E-state index in [0.29, 0.717) is 5.56 Å². The molecular formula is C23H30F3N5O5. The zero-order valence-corrected chi connectivity index (χ0v) is 20.3. The van der Waals surface area contributed by atoms with Gasteiger partial charge in [0.25, 0.3) is 0 Å². The van der Waals surface area contributed by atoms with Gasteiger partial charge in [-0.05, 0) is 32.9 Å². The summed E-state index contributed by atoms with van der Waals surface area (Å²) < 4.78 is 43.0. The maximum absolute atomic E-state index is 13.1. The topological polar surface area (TPSA) is 121 Å². The highest BCUT2D eigenvalue weighted by atomic mass is 19.4. The van der Waals surface area contributed by atoms with Gasteiger partial charge in [0.2, 0.25) is 11.8 Å². The van der Waals surface area contributed by atoms with Crippen LogP contribution < -0.4 is 10.6 Å². The molecule has 0 aromatic carbocycles. The van der Waals surface area contributed by atoms with Crippen LogP contribution in [0.2, 0.25) is 0 Å². The molecule has 0 bridgehead atoms. The number of hydrogen-bond donors (Lipinski definition) is 2. The second kappa shape index (κ2) is 12.0. The van der Waals surface area contributed by atoms with Gasteiger partial charge in [-0.3, -0.25) is 29.2 Å². The van der Waals surface area contributed by atoms with E-state index >= 15 is 0 Å². The number of carbonyl (C=O) groups is 4. The summed E-state index contributed by atoms with van der Waals surface area (Å²) in [4.78, 5) is 57.3. The molecule has 1 saturated heterocycles. The quantitative estimate of drug-likeness (QED) is 0.380. The average molecular weight is 514 g/mol. The van der Waals surface area contributed by atoms with Gasteiger partial charge in [-0.1, -0.05) is 12.7 Å². The zero-order valence-electron chi connectivity index (χ0n) is 20.3. The Bertz CT molecular complexity index is 971. The number of hydrogen-bond acceptors (Lipinski definition) is 7. The first-order valence-electron chi connectivity index (χ1n) is 11.2. The Morgan fingerprint density at radius 3 is 2.56 bits per heavy atom. The summed E-state index contributed by atoms with van der Waals surface area (Å²) in [5.41, 5.74) is -0.959. The molecule has 1 aromatic rings. The molecule has 1 unspecified atom stereocenters. The summed E-state index contributed by atoms with van der Waals surface area (Å²) >= 11 is 0. The van der Waals surface area contributed by atoms with E-state index in [9.17, 15) is 32.3 Å². The maximum atomic E-state index is 13.1. The van der Waals surface area contributed by atoms with Gasteiger partial charge in [0.15, 0.2) is 5.78 Å². The predicted octanol–water partition coefficient (Wildman–Crippen LogP) is 1.53. The molecule has 0 spiro atoms. The van der Waals surface area contributed by atoms with E-state index < -0.39 is 48.3 Å². The molecule has 1 aliphatic heterocycles. The van der Waals surface area contributed by atoms with Crippen LogP contribution in [0.3, 0.4) is 0 Å². The summed E-state index contributed by atoms with van der Waals surface area (Å²) in [6.07, 6.45) is -1.33. The van der Waals surface area contributed by atoms with Crippen molar-refractivity contribution in [3.63, 3.8) is 0 Å². The molecule has 2 rings (SSSR count). The molecule has 198 valence electrons. The van der Waals surface area contributed by atoms with Crippen LogP contribution in [-0.2, 0) is 14.3 Å². The number of aromatic nitrogens is 1. The van der Waals surface area contributed by atoms with Crippen LogP contribution in [0.25, 0.3) is 0 Å². The third-order valence-corrected chi connectivity index (χ3v) is 5.74. The van der Waals surface area contributed by atoms with E-state index in [0.717, 1.165) is 4.90 Å². The first-order valence-corrected chi connectivity index (χ1v) is 11.2. The number of piperazine rings is 1. The summed E-state index contributed by atoms with van der Waals surface area (Å²) in [6, 6.07) is 0.926. The minimum Gasteiger partial charge on any atom is -0.445 e. The monoisotopic (exact) mass is 513 g/mol. The second-order valence-corrected chi connectivity index (χ2v) is 8.71. The Kier molecular flexibility index (Phi) is 9.56. The molecule has 2 heterocycles. The molecule has 1 aromatic heterocycles. The van der Waals surface area contributed by atoms with Gasteiger partial charge in [0.1, 0.15) is 19.2 Å². The minimum absolute atomic E-state index is 0.0824. The molecular weight excluding hydrogens is 483 g/mol. The van der Waals surface area contributed by atoms with Crippen molar-refractivity contribution in [2.75, 3.05) is 32.8 Å². The first-order chi connectivity index (χ1) is 16.8. The summed E-state index contributed by atoms with van der Waals surface area (Å²) in [5.74, 6) is -1.93. The van der Waals surface area contributed by atoms with Crippen molar-refractivity contribution < 1.29 is 37.1 Å². The van der Waals surface area contributed by atoms with E-state index in [1.54, 1.807) is 36.2 Å². The number of ketones is 1. The fraction of sp³-hybridized carbons (Fsp3) is 0.522. The van der Waals surface area contributed by atoms with Crippen LogP contribution in [0.5, 0.6) is 0 Å². The summed E-state index contributed by atoms with van der Waals surface area (Å²) in [7, 11) is 0. The molecule has 0 aliphatic carbocycles. The molecule has 2 atom stereocenters. The van der Waals surface area contributed by atoms with Gasteiger partial charge in [-0.25, -0.2) is 4.79 Å². The number of ether oxygens (including phenoxy) is 1. The van der Waals surface area contributed by atoms with E-state index in [1.165, 1.54) is 25.4 Å². The second-order valence-electron chi connectivity index (χ2n) is 8.71. The Balaban J connectivity index is 2.16. The van der Waals surface area contributed by atoms with E-state index in [4.69, 9.17) is 4.74 Å². The summed E-state index contributed by atoms with van der Waals surface area (Å²) in [5, 5.41) is 4.43. The fourth-order valence-electron chi connectivity index (χ4n) is 3.59. The van der Waals surface area contributed by atoms with Crippen molar-refractivity contribution in [2.24, 2.45) is 0 Å². The third kappa shape index (κ3) is 7.51. The zero-order chi connectivity index (χ0) is 27.1. The van der Waals surface area contributed by atoms with Gasteiger partial charge in [-0.15, -0.1) is 0 Å². The lowest BCUT2D eigenvalue weighted by molar-refractivity contribution is -0.145. The first kappa shape index (κ1) is 28.8. The van der Waals surface area contributed by atoms with Gasteiger partial charge < -0.3 is 15.4 Å². The van der Waals surface area contributed by atoms with Crippen molar-refractivity contribution in [1.82, 2.24) is 25.4 Å². The minimum atomic E-state index is -4.64. The Hall–Kier alpha value is -3.48. The molecule has 10 nitrogen and oxygen atoms in total. The van der Waals surface area contributed by atoms with Gasteiger partial charge >= 0.3 is 12.3 Å². The number of halogens is 3. The molecule has 2 N–H and O–H groups in total. The highest BCUT2D eigenvalue weighted by Crippen LogP contribution is 2.22. The smallest absolute Gasteiger partial charge is 0.410 e. The van der Waals surface area contributed by atoms with E-state index in [1.807, 2.05) is 0 Å². The number of rotatable bonds is 9. The number of pyridine rings is 1. The van der Waals surface area contributed by atoms with E-state index in [-0.39, 0.29) is 32.0 Å². The maximum Gasteiger partial charge on any atom is 0.410 e. The van der Waals surface area contributed by atoms with Crippen molar-refractivity contribution in [1.29, 1.82) is 0 Å².